The van der Waals surface area contributed by atoms with Gasteiger partial charge < -0.3 is 5.32 Å². The van der Waals surface area contributed by atoms with Crippen LogP contribution in [0.3, 0.4) is 0 Å². The Bertz CT molecular complexity index is 572. The molecule has 3 rings (SSSR count). The van der Waals surface area contributed by atoms with Crippen molar-refractivity contribution >= 4 is 17.4 Å². The van der Waals surface area contributed by atoms with E-state index in [9.17, 15) is 0 Å². The molecular formula is C14H20N4S. The first-order chi connectivity index (χ1) is 9.15. The molecule has 19 heavy (non-hydrogen) atoms. The van der Waals surface area contributed by atoms with Crippen molar-refractivity contribution in [1.29, 1.82) is 0 Å². The van der Waals surface area contributed by atoms with Gasteiger partial charge >= 0.3 is 0 Å². The lowest BCUT2D eigenvalue weighted by Gasteiger charge is -2.22. The largest absolute Gasteiger partial charge is 0.311 e. The molecule has 3 heterocycles. The Morgan fingerprint density at radius 1 is 1.53 bits per heavy atom. The van der Waals surface area contributed by atoms with Crippen LogP contribution in [0.5, 0.6) is 0 Å². The van der Waals surface area contributed by atoms with Gasteiger partial charge in [0.15, 0.2) is 5.65 Å². The first-order valence-corrected chi connectivity index (χ1v) is 7.79. The van der Waals surface area contributed by atoms with E-state index >= 15 is 0 Å². The van der Waals surface area contributed by atoms with E-state index in [0.29, 0.717) is 4.75 Å². The zero-order chi connectivity index (χ0) is 13.3. The molecule has 1 N–H and O–H groups in total. The summed E-state index contributed by atoms with van der Waals surface area (Å²) in [5.41, 5.74) is 3.11. The van der Waals surface area contributed by atoms with Crippen molar-refractivity contribution in [2.24, 2.45) is 0 Å². The molecule has 2 aromatic heterocycles. The quantitative estimate of drug-likeness (QED) is 0.931. The number of rotatable bonds is 4. The molecule has 5 heteroatoms. The first-order valence-electron chi connectivity index (χ1n) is 6.80. The molecule has 0 saturated carbocycles. The number of nitrogens with zero attached hydrogens (tertiary/aromatic N) is 3. The maximum absolute atomic E-state index is 4.42. The third kappa shape index (κ3) is 2.92. The van der Waals surface area contributed by atoms with Crippen LogP contribution in [0.15, 0.2) is 18.5 Å². The van der Waals surface area contributed by atoms with Crippen molar-refractivity contribution in [2.45, 2.75) is 38.0 Å². The second-order valence-corrected chi connectivity index (χ2v) is 7.24. The molecule has 4 nitrogen and oxygen atoms in total. The van der Waals surface area contributed by atoms with Gasteiger partial charge in [0.1, 0.15) is 0 Å². The van der Waals surface area contributed by atoms with E-state index in [1.807, 2.05) is 23.7 Å². The molecule has 0 amide bonds. The fourth-order valence-electron chi connectivity index (χ4n) is 2.57. The summed E-state index contributed by atoms with van der Waals surface area (Å²) in [5.74, 6) is 1.30. The van der Waals surface area contributed by atoms with Gasteiger partial charge in [-0.05, 0) is 32.4 Å². The molecule has 1 aliphatic rings. The molecule has 1 fully saturated rings. The Morgan fingerprint density at radius 3 is 3.21 bits per heavy atom. The molecular weight excluding hydrogens is 256 g/mol. The predicted molar refractivity (Wildman–Crippen MR) is 79.5 cm³/mol. The van der Waals surface area contributed by atoms with Gasteiger partial charge in [0, 0.05) is 41.9 Å². The van der Waals surface area contributed by atoms with E-state index in [0.717, 1.165) is 24.4 Å². The van der Waals surface area contributed by atoms with Crippen molar-refractivity contribution in [3.63, 3.8) is 0 Å². The van der Waals surface area contributed by atoms with Gasteiger partial charge in [-0.1, -0.05) is 0 Å². The molecule has 1 aliphatic heterocycles. The van der Waals surface area contributed by atoms with E-state index in [-0.39, 0.29) is 0 Å². The fraction of sp³-hybridized carbons (Fsp3) is 0.571. The number of aromatic nitrogens is 3. The highest BCUT2D eigenvalue weighted by atomic mass is 32.2. The van der Waals surface area contributed by atoms with Crippen molar-refractivity contribution in [2.75, 3.05) is 12.3 Å². The Labute approximate surface area is 118 Å². The van der Waals surface area contributed by atoms with E-state index in [2.05, 4.69) is 40.3 Å². The standard InChI is InChI=1S/C14H20N4S/c1-11-6-13-16-8-12(9-18(13)17-11)7-15-10-14(2)4-3-5-19-14/h6,8-9,15H,3-5,7,10H2,1-2H3. The Hall–Kier alpha value is -1.07. The molecule has 1 saturated heterocycles. The monoisotopic (exact) mass is 276 g/mol. The number of aryl methyl sites for hydroxylation is 1. The van der Waals surface area contributed by atoms with Crippen molar-refractivity contribution < 1.29 is 0 Å². The summed E-state index contributed by atoms with van der Waals surface area (Å²) < 4.78 is 2.28. The zero-order valence-electron chi connectivity index (χ0n) is 11.5. The number of hydrogen-bond acceptors (Lipinski definition) is 4. The molecule has 1 atom stereocenters. The van der Waals surface area contributed by atoms with Gasteiger partial charge in [0.05, 0.1) is 5.69 Å². The average Bonchev–Trinajstić information content (AvgIpc) is 2.94. The van der Waals surface area contributed by atoms with E-state index < -0.39 is 0 Å². The summed E-state index contributed by atoms with van der Waals surface area (Å²) in [7, 11) is 0. The number of nitrogens with one attached hydrogen (secondary N) is 1. The molecule has 0 aliphatic carbocycles. The van der Waals surface area contributed by atoms with E-state index in [1.54, 1.807) is 0 Å². The highest BCUT2D eigenvalue weighted by Gasteiger charge is 2.28. The van der Waals surface area contributed by atoms with Crippen LogP contribution >= 0.6 is 11.8 Å². The number of hydrogen-bond donors (Lipinski definition) is 1. The topological polar surface area (TPSA) is 42.2 Å². The Kier molecular flexibility index (Phi) is 3.50. The maximum atomic E-state index is 4.42. The minimum absolute atomic E-state index is 0.416. The SMILES string of the molecule is Cc1cc2ncc(CNCC3(C)CCCS3)cn2n1. The molecule has 1 unspecified atom stereocenters. The zero-order valence-corrected chi connectivity index (χ0v) is 12.3. The van der Waals surface area contributed by atoms with Crippen LogP contribution in [0, 0.1) is 6.92 Å². The van der Waals surface area contributed by atoms with Crippen LogP contribution in [0.1, 0.15) is 31.0 Å². The third-order valence-electron chi connectivity index (χ3n) is 3.62. The van der Waals surface area contributed by atoms with E-state index in [1.165, 1.54) is 24.2 Å². The van der Waals surface area contributed by atoms with Gasteiger partial charge in [-0.2, -0.15) is 16.9 Å². The summed E-state index contributed by atoms with van der Waals surface area (Å²) in [6.07, 6.45) is 6.67. The van der Waals surface area contributed by atoms with Gasteiger partial charge in [-0.3, -0.25) is 0 Å². The molecule has 2 aromatic rings. The van der Waals surface area contributed by atoms with Gasteiger partial charge in [-0.15, -0.1) is 0 Å². The third-order valence-corrected chi connectivity index (χ3v) is 5.16. The Balaban J connectivity index is 1.61. The van der Waals surface area contributed by atoms with Crippen LogP contribution in [0.2, 0.25) is 0 Å². The summed E-state index contributed by atoms with van der Waals surface area (Å²) in [6.45, 7) is 6.27. The lowest BCUT2D eigenvalue weighted by molar-refractivity contribution is 0.536. The minimum Gasteiger partial charge on any atom is -0.311 e. The van der Waals surface area contributed by atoms with Crippen LogP contribution < -0.4 is 5.32 Å². The van der Waals surface area contributed by atoms with Crippen molar-refractivity contribution in [3.05, 3.63) is 29.7 Å². The van der Waals surface area contributed by atoms with Crippen LogP contribution in [0.4, 0.5) is 0 Å². The first kappa shape index (κ1) is 12.9. The fourth-order valence-corrected chi connectivity index (χ4v) is 3.85. The lowest BCUT2D eigenvalue weighted by atomic mass is 10.1. The van der Waals surface area contributed by atoms with Crippen LogP contribution in [-0.2, 0) is 6.54 Å². The summed E-state index contributed by atoms with van der Waals surface area (Å²) in [4.78, 5) is 4.42. The van der Waals surface area contributed by atoms with Crippen molar-refractivity contribution in [1.82, 2.24) is 19.9 Å². The summed E-state index contributed by atoms with van der Waals surface area (Å²) >= 11 is 2.09. The minimum atomic E-state index is 0.416. The second-order valence-electron chi connectivity index (χ2n) is 5.56. The summed E-state index contributed by atoms with van der Waals surface area (Å²) in [5, 5.41) is 7.95. The molecule has 0 bridgehead atoms. The highest BCUT2D eigenvalue weighted by Crippen LogP contribution is 2.36. The van der Waals surface area contributed by atoms with Crippen LogP contribution in [0.25, 0.3) is 5.65 Å². The normalized spacial score (nSPS) is 23.3. The molecule has 0 aromatic carbocycles. The van der Waals surface area contributed by atoms with Crippen LogP contribution in [-0.4, -0.2) is 31.6 Å². The van der Waals surface area contributed by atoms with Gasteiger partial charge in [-0.25, -0.2) is 9.50 Å². The molecule has 102 valence electrons. The second kappa shape index (κ2) is 5.13. The maximum Gasteiger partial charge on any atom is 0.155 e. The van der Waals surface area contributed by atoms with E-state index in [4.69, 9.17) is 0 Å². The average molecular weight is 276 g/mol. The predicted octanol–water partition coefficient (Wildman–Crippen LogP) is 2.41. The highest BCUT2D eigenvalue weighted by molar-refractivity contribution is 8.00. The Morgan fingerprint density at radius 2 is 2.42 bits per heavy atom. The lowest BCUT2D eigenvalue weighted by Crippen LogP contribution is -2.32. The number of thioether (sulfide) groups is 1. The van der Waals surface area contributed by atoms with Crippen molar-refractivity contribution in [3.8, 4) is 0 Å². The molecule has 0 spiro atoms. The molecule has 0 radical (unpaired) electrons. The van der Waals surface area contributed by atoms with Gasteiger partial charge in [0.2, 0.25) is 0 Å². The smallest absolute Gasteiger partial charge is 0.155 e. The summed E-state index contributed by atoms with van der Waals surface area (Å²) in [6, 6.07) is 1.99. The van der Waals surface area contributed by atoms with Gasteiger partial charge in [0.25, 0.3) is 0 Å². The number of fused-ring (bicyclic) bond motifs is 1.